The Hall–Kier alpha value is -2.08. The topological polar surface area (TPSA) is 24.1 Å². The van der Waals surface area contributed by atoms with Crippen molar-refractivity contribution in [1.82, 2.24) is 5.32 Å². The summed E-state index contributed by atoms with van der Waals surface area (Å²) in [4.78, 5) is 0. The van der Waals surface area contributed by atoms with E-state index in [1.165, 1.54) is 23.8 Å². The van der Waals surface area contributed by atoms with Crippen molar-refractivity contribution in [3.8, 4) is 0 Å². The second kappa shape index (κ2) is 7.21. The van der Waals surface area contributed by atoms with Gasteiger partial charge >= 0.3 is 6.18 Å². The maximum absolute atomic E-state index is 13.0. The van der Waals surface area contributed by atoms with Crippen molar-refractivity contribution < 1.29 is 13.2 Å². The van der Waals surface area contributed by atoms with Gasteiger partial charge < -0.3 is 10.6 Å². The molecule has 6 heteroatoms. The summed E-state index contributed by atoms with van der Waals surface area (Å²) < 4.78 is 39.0. The molecule has 24 heavy (non-hydrogen) atoms. The Labute approximate surface area is 145 Å². The molecule has 0 unspecified atom stereocenters. The molecule has 0 saturated heterocycles. The van der Waals surface area contributed by atoms with Crippen molar-refractivity contribution in [3.63, 3.8) is 0 Å². The van der Waals surface area contributed by atoms with E-state index >= 15 is 0 Å². The molecule has 2 aromatic rings. The van der Waals surface area contributed by atoms with Gasteiger partial charge in [-0.2, -0.15) is 13.2 Å². The van der Waals surface area contributed by atoms with E-state index in [0.29, 0.717) is 0 Å². The fraction of sp³-hybridized carbons (Fsp3) is 0.278. The molecule has 2 rings (SSSR count). The third kappa shape index (κ3) is 4.47. The van der Waals surface area contributed by atoms with Gasteiger partial charge in [0.05, 0.1) is 17.3 Å². The first kappa shape index (κ1) is 18.3. The smallest absolute Gasteiger partial charge is 0.356 e. The van der Waals surface area contributed by atoms with Crippen LogP contribution in [0.1, 0.15) is 35.2 Å². The number of nitrogens with one attached hydrogen (secondary N) is 2. The van der Waals surface area contributed by atoms with Crippen LogP contribution in [0, 0.1) is 13.8 Å². The van der Waals surface area contributed by atoms with Crippen LogP contribution in [-0.4, -0.2) is 5.11 Å². The molecular weight excluding hydrogens is 333 g/mol. The van der Waals surface area contributed by atoms with Gasteiger partial charge in [0.1, 0.15) is 0 Å². The van der Waals surface area contributed by atoms with Crippen LogP contribution in [-0.2, 0) is 6.18 Å². The summed E-state index contributed by atoms with van der Waals surface area (Å²) in [6.07, 6.45) is -4.43. The molecule has 0 saturated carbocycles. The number of rotatable bonds is 3. The minimum Gasteiger partial charge on any atom is -0.356 e. The van der Waals surface area contributed by atoms with Crippen LogP contribution in [0.25, 0.3) is 0 Å². The second-order valence-electron chi connectivity index (χ2n) is 5.71. The van der Waals surface area contributed by atoms with Crippen molar-refractivity contribution >= 4 is 23.0 Å². The van der Waals surface area contributed by atoms with Gasteiger partial charge in [0, 0.05) is 0 Å². The lowest BCUT2D eigenvalue weighted by Gasteiger charge is -2.20. The SMILES string of the molecule is Cc1ccc([C@H](C)NC(=S)Nc2ccccc2C(F)(F)F)cc1C. The Morgan fingerprint density at radius 1 is 1.04 bits per heavy atom. The fourth-order valence-electron chi connectivity index (χ4n) is 2.31. The predicted molar refractivity (Wildman–Crippen MR) is 95.1 cm³/mol. The van der Waals surface area contributed by atoms with Crippen LogP contribution >= 0.6 is 12.2 Å². The molecule has 0 radical (unpaired) electrons. The van der Waals surface area contributed by atoms with Gasteiger partial charge in [0.25, 0.3) is 0 Å². The van der Waals surface area contributed by atoms with E-state index in [9.17, 15) is 13.2 Å². The standard InChI is InChI=1S/C18H19F3N2S/c1-11-8-9-14(10-12(11)2)13(3)22-17(24)23-16-7-5-4-6-15(16)18(19,20)21/h4-10,13H,1-3H3,(H2,22,23,24)/t13-/m0/s1. The zero-order valence-electron chi connectivity index (χ0n) is 13.7. The number of thiocarbonyl (C=S) groups is 1. The van der Waals surface area contributed by atoms with Gasteiger partial charge in [0.2, 0.25) is 0 Å². The molecule has 0 spiro atoms. The van der Waals surface area contributed by atoms with Crippen LogP contribution in [0.2, 0.25) is 0 Å². The molecular formula is C18H19F3N2S. The quantitative estimate of drug-likeness (QED) is 0.726. The maximum Gasteiger partial charge on any atom is 0.418 e. The number of benzene rings is 2. The molecule has 2 aromatic carbocycles. The Morgan fingerprint density at radius 2 is 1.71 bits per heavy atom. The number of hydrogen-bond acceptors (Lipinski definition) is 1. The third-order valence-electron chi connectivity index (χ3n) is 3.86. The van der Waals surface area contributed by atoms with E-state index < -0.39 is 11.7 Å². The zero-order chi connectivity index (χ0) is 17.9. The largest absolute Gasteiger partial charge is 0.418 e. The second-order valence-corrected chi connectivity index (χ2v) is 6.12. The fourth-order valence-corrected chi connectivity index (χ4v) is 2.60. The molecule has 0 aliphatic carbocycles. The highest BCUT2D eigenvalue weighted by Crippen LogP contribution is 2.34. The molecule has 0 bridgehead atoms. The first-order valence-electron chi connectivity index (χ1n) is 7.49. The van der Waals surface area contributed by atoms with E-state index in [1.54, 1.807) is 0 Å². The van der Waals surface area contributed by atoms with Crippen LogP contribution in [0.15, 0.2) is 42.5 Å². The van der Waals surface area contributed by atoms with E-state index in [2.05, 4.69) is 10.6 Å². The van der Waals surface area contributed by atoms with Crippen LogP contribution in [0.3, 0.4) is 0 Å². The average molecular weight is 352 g/mol. The summed E-state index contributed by atoms with van der Waals surface area (Å²) in [6.45, 7) is 5.95. The minimum absolute atomic E-state index is 0.0604. The lowest BCUT2D eigenvalue weighted by atomic mass is 10.0. The Balaban J connectivity index is 2.10. The number of aryl methyl sites for hydroxylation is 2. The first-order valence-corrected chi connectivity index (χ1v) is 7.90. The molecule has 0 aliphatic heterocycles. The molecule has 0 heterocycles. The van der Waals surface area contributed by atoms with Gasteiger partial charge in [0.15, 0.2) is 5.11 Å². The number of alkyl halides is 3. The lowest BCUT2D eigenvalue weighted by molar-refractivity contribution is -0.136. The number of hydrogen-bond donors (Lipinski definition) is 2. The van der Waals surface area contributed by atoms with Crippen molar-refractivity contribution in [2.24, 2.45) is 0 Å². The number of halogens is 3. The Kier molecular flexibility index (Phi) is 5.49. The van der Waals surface area contributed by atoms with Gasteiger partial charge in [-0.15, -0.1) is 0 Å². The van der Waals surface area contributed by atoms with E-state index in [4.69, 9.17) is 12.2 Å². The maximum atomic E-state index is 13.0. The molecule has 0 aliphatic rings. The lowest BCUT2D eigenvalue weighted by Crippen LogP contribution is -2.31. The minimum atomic E-state index is -4.43. The summed E-state index contributed by atoms with van der Waals surface area (Å²) in [6, 6.07) is 11.2. The zero-order valence-corrected chi connectivity index (χ0v) is 14.5. The third-order valence-corrected chi connectivity index (χ3v) is 4.08. The number of anilines is 1. The molecule has 0 aromatic heterocycles. The molecule has 2 nitrogen and oxygen atoms in total. The number of para-hydroxylation sites is 1. The monoisotopic (exact) mass is 352 g/mol. The first-order chi connectivity index (χ1) is 11.2. The summed E-state index contributed by atoms with van der Waals surface area (Å²) in [5, 5.41) is 5.82. The molecule has 128 valence electrons. The van der Waals surface area contributed by atoms with E-state index in [-0.39, 0.29) is 16.8 Å². The van der Waals surface area contributed by atoms with Crippen LogP contribution < -0.4 is 10.6 Å². The van der Waals surface area contributed by atoms with E-state index in [1.807, 2.05) is 39.0 Å². The molecule has 2 N–H and O–H groups in total. The highest BCUT2D eigenvalue weighted by Gasteiger charge is 2.33. The van der Waals surface area contributed by atoms with Crippen molar-refractivity contribution in [1.29, 1.82) is 0 Å². The highest BCUT2D eigenvalue weighted by atomic mass is 32.1. The summed E-state index contributed by atoms with van der Waals surface area (Å²) in [7, 11) is 0. The van der Waals surface area contributed by atoms with Crippen molar-refractivity contribution in [3.05, 3.63) is 64.7 Å². The van der Waals surface area contributed by atoms with Crippen molar-refractivity contribution in [2.75, 3.05) is 5.32 Å². The Morgan fingerprint density at radius 3 is 2.33 bits per heavy atom. The summed E-state index contributed by atoms with van der Waals surface area (Å²) >= 11 is 5.16. The van der Waals surface area contributed by atoms with Gasteiger partial charge in [-0.3, -0.25) is 0 Å². The van der Waals surface area contributed by atoms with Gasteiger partial charge in [-0.1, -0.05) is 30.3 Å². The van der Waals surface area contributed by atoms with Crippen LogP contribution in [0.5, 0.6) is 0 Å². The molecule has 1 atom stereocenters. The highest BCUT2D eigenvalue weighted by molar-refractivity contribution is 7.80. The molecule has 0 amide bonds. The van der Waals surface area contributed by atoms with Gasteiger partial charge in [-0.25, -0.2) is 0 Å². The molecule has 0 fully saturated rings. The Bertz CT molecular complexity index is 741. The normalized spacial score (nSPS) is 12.6. The average Bonchev–Trinajstić information content (AvgIpc) is 2.49. The van der Waals surface area contributed by atoms with Gasteiger partial charge in [-0.05, 0) is 61.8 Å². The van der Waals surface area contributed by atoms with Crippen LogP contribution in [0.4, 0.5) is 18.9 Å². The van der Waals surface area contributed by atoms with Crippen molar-refractivity contribution in [2.45, 2.75) is 33.0 Å². The van der Waals surface area contributed by atoms with E-state index in [0.717, 1.165) is 17.2 Å². The summed E-state index contributed by atoms with van der Waals surface area (Å²) in [5.74, 6) is 0. The summed E-state index contributed by atoms with van der Waals surface area (Å²) in [5.41, 5.74) is 2.56. The predicted octanol–water partition coefficient (Wildman–Crippen LogP) is 5.37.